The Hall–Kier alpha value is -2.15. The molecule has 2 N–H and O–H groups in total. The number of esters is 1. The third kappa shape index (κ3) is 2.25. The van der Waals surface area contributed by atoms with Gasteiger partial charge in [0.25, 0.3) is 10.0 Å². The van der Waals surface area contributed by atoms with E-state index in [-0.39, 0.29) is 5.84 Å². The van der Waals surface area contributed by atoms with Gasteiger partial charge in [0, 0.05) is 6.08 Å². The van der Waals surface area contributed by atoms with Gasteiger partial charge in [0.05, 0.1) is 0 Å². The van der Waals surface area contributed by atoms with Crippen LogP contribution in [0, 0.1) is 6.92 Å². The maximum absolute atomic E-state index is 11.7. The molecule has 0 bridgehead atoms. The van der Waals surface area contributed by atoms with Crippen molar-refractivity contribution in [3.63, 3.8) is 0 Å². The van der Waals surface area contributed by atoms with Crippen LogP contribution in [0.2, 0.25) is 0 Å². The average Bonchev–Trinajstić information content (AvgIpc) is 2.55. The molecule has 1 aliphatic rings. The lowest BCUT2D eigenvalue weighted by Gasteiger charge is -2.06. The van der Waals surface area contributed by atoms with Crippen molar-refractivity contribution in [3.8, 4) is 5.75 Å². The second kappa shape index (κ2) is 4.26. The van der Waals surface area contributed by atoms with Gasteiger partial charge in [-0.3, -0.25) is 0 Å². The van der Waals surface area contributed by atoms with E-state index in [0.717, 1.165) is 11.6 Å². The molecule has 1 heterocycles. The number of hydrogen-bond donors (Lipinski definition) is 1. The highest BCUT2D eigenvalue weighted by molar-refractivity contribution is 7.95. The van der Waals surface area contributed by atoms with E-state index in [4.69, 9.17) is 10.5 Å². The quantitative estimate of drug-likeness (QED) is 0.620. The van der Waals surface area contributed by atoms with Gasteiger partial charge in [-0.1, -0.05) is 18.2 Å². The van der Waals surface area contributed by atoms with E-state index < -0.39 is 20.9 Å². The largest absolute Gasteiger partial charge is 0.422 e. The van der Waals surface area contributed by atoms with Crippen molar-refractivity contribution in [2.45, 2.75) is 6.92 Å². The fourth-order valence-corrected chi connectivity index (χ4v) is 2.36. The molecular formula is C11H10N2O4S. The number of carbonyl (C=O) groups excluding carboxylic acids is 1. The van der Waals surface area contributed by atoms with Gasteiger partial charge in [-0.05, 0) is 18.6 Å². The van der Waals surface area contributed by atoms with E-state index in [1.165, 1.54) is 0 Å². The Labute approximate surface area is 104 Å². The molecule has 0 aromatic heterocycles. The minimum absolute atomic E-state index is 0.230. The molecule has 0 saturated heterocycles. The predicted molar refractivity (Wildman–Crippen MR) is 65.4 cm³/mol. The number of aryl methyl sites for hydroxylation is 1. The summed E-state index contributed by atoms with van der Waals surface area (Å²) in [5.41, 5.74) is 5.97. The fourth-order valence-electron chi connectivity index (χ4n) is 1.41. The molecule has 7 heteroatoms. The van der Waals surface area contributed by atoms with Gasteiger partial charge in [-0.15, -0.1) is 4.40 Å². The normalized spacial score (nSPS) is 16.9. The number of hydrogen-bond acceptors (Lipinski definition) is 5. The number of ether oxygens (including phenoxy) is 1. The second-order valence-corrected chi connectivity index (χ2v) is 5.23. The van der Waals surface area contributed by atoms with Crippen LogP contribution in [-0.4, -0.2) is 20.2 Å². The lowest BCUT2D eigenvalue weighted by molar-refractivity contribution is -0.129. The lowest BCUT2D eigenvalue weighted by atomic mass is 10.2. The Morgan fingerprint density at radius 2 is 2.00 bits per heavy atom. The zero-order valence-electron chi connectivity index (χ0n) is 9.45. The first kappa shape index (κ1) is 12.3. The molecule has 94 valence electrons. The van der Waals surface area contributed by atoms with Gasteiger partial charge in [0.15, 0.2) is 4.91 Å². The average molecular weight is 266 g/mol. The molecule has 0 fully saturated rings. The zero-order valence-corrected chi connectivity index (χ0v) is 10.3. The standard InChI is InChI=1S/C11H10N2O4S/c1-7-4-2-3-5-8(7)17-11(14)9-6-10(12)13-18(9,15)16/h2-6H,1H3,(H2,12,13). The Kier molecular flexibility index (Phi) is 2.92. The van der Waals surface area contributed by atoms with E-state index in [0.29, 0.717) is 5.75 Å². The monoisotopic (exact) mass is 266 g/mol. The van der Waals surface area contributed by atoms with Crippen LogP contribution >= 0.6 is 0 Å². The van der Waals surface area contributed by atoms with Gasteiger partial charge >= 0.3 is 5.97 Å². The molecule has 1 aromatic carbocycles. The summed E-state index contributed by atoms with van der Waals surface area (Å²) in [4.78, 5) is 11.2. The van der Waals surface area contributed by atoms with Gasteiger partial charge in [-0.25, -0.2) is 4.79 Å². The number of para-hydroxylation sites is 1. The van der Waals surface area contributed by atoms with Crippen molar-refractivity contribution in [1.29, 1.82) is 0 Å². The third-order valence-corrected chi connectivity index (χ3v) is 3.57. The van der Waals surface area contributed by atoms with Gasteiger partial charge in [0.1, 0.15) is 11.6 Å². The van der Waals surface area contributed by atoms with E-state index in [1.54, 1.807) is 31.2 Å². The molecule has 6 nitrogen and oxygen atoms in total. The number of nitrogens with zero attached hydrogens (tertiary/aromatic N) is 1. The van der Waals surface area contributed by atoms with Crippen LogP contribution in [0.5, 0.6) is 5.75 Å². The summed E-state index contributed by atoms with van der Waals surface area (Å²) in [6.45, 7) is 1.74. The van der Waals surface area contributed by atoms with Crippen molar-refractivity contribution >= 4 is 21.8 Å². The summed E-state index contributed by atoms with van der Waals surface area (Å²) < 4.78 is 31.1. The van der Waals surface area contributed by atoms with E-state index in [2.05, 4.69) is 4.40 Å². The number of amidine groups is 1. The molecule has 0 radical (unpaired) electrons. The minimum Gasteiger partial charge on any atom is -0.422 e. The van der Waals surface area contributed by atoms with Crippen LogP contribution in [-0.2, 0) is 14.8 Å². The van der Waals surface area contributed by atoms with Crippen LogP contribution in [0.3, 0.4) is 0 Å². The van der Waals surface area contributed by atoms with Crippen molar-refractivity contribution in [3.05, 3.63) is 40.8 Å². The maximum atomic E-state index is 11.7. The van der Waals surface area contributed by atoms with E-state index in [1.807, 2.05) is 0 Å². The summed E-state index contributed by atoms with van der Waals surface area (Å²) in [6, 6.07) is 6.77. The summed E-state index contributed by atoms with van der Waals surface area (Å²) in [7, 11) is -4.02. The summed E-state index contributed by atoms with van der Waals surface area (Å²) in [5, 5.41) is 0. The second-order valence-electron chi connectivity index (χ2n) is 3.65. The van der Waals surface area contributed by atoms with Gasteiger partial charge in [-0.2, -0.15) is 8.42 Å². The van der Waals surface area contributed by atoms with Crippen molar-refractivity contribution in [1.82, 2.24) is 0 Å². The smallest absolute Gasteiger partial charge is 0.357 e. The first-order chi connectivity index (χ1) is 8.40. The molecule has 0 amide bonds. The number of nitrogens with two attached hydrogens (primary N) is 1. The lowest BCUT2D eigenvalue weighted by Crippen LogP contribution is -2.16. The minimum atomic E-state index is -4.02. The Bertz CT molecular complexity index is 674. The van der Waals surface area contributed by atoms with Crippen molar-refractivity contribution < 1.29 is 17.9 Å². The summed E-state index contributed by atoms with van der Waals surface area (Å²) in [5.74, 6) is -0.927. The molecule has 2 rings (SSSR count). The van der Waals surface area contributed by atoms with Crippen LogP contribution in [0.1, 0.15) is 5.56 Å². The summed E-state index contributed by atoms with van der Waals surface area (Å²) >= 11 is 0. The number of sulfonamides is 1. The SMILES string of the molecule is Cc1ccccc1OC(=O)C1=CC(N)=NS1(=O)=O. The Balaban J connectivity index is 2.26. The van der Waals surface area contributed by atoms with Gasteiger partial charge in [0.2, 0.25) is 0 Å². The fraction of sp³-hybridized carbons (Fsp3) is 0.0909. The number of rotatable bonds is 2. The highest BCUT2D eigenvalue weighted by Crippen LogP contribution is 2.21. The number of carbonyl (C=O) groups is 1. The predicted octanol–water partition coefficient (Wildman–Crippen LogP) is 0.485. The highest BCUT2D eigenvalue weighted by atomic mass is 32.2. The highest BCUT2D eigenvalue weighted by Gasteiger charge is 2.31. The van der Waals surface area contributed by atoms with Crippen LogP contribution in [0.25, 0.3) is 0 Å². The van der Waals surface area contributed by atoms with Crippen LogP contribution < -0.4 is 10.5 Å². The molecule has 18 heavy (non-hydrogen) atoms. The molecule has 0 unspecified atom stereocenters. The van der Waals surface area contributed by atoms with Crippen LogP contribution in [0.4, 0.5) is 0 Å². The van der Waals surface area contributed by atoms with Crippen LogP contribution in [0.15, 0.2) is 39.6 Å². The molecule has 0 spiro atoms. The first-order valence-corrected chi connectivity index (χ1v) is 6.44. The van der Waals surface area contributed by atoms with E-state index >= 15 is 0 Å². The molecule has 1 aliphatic heterocycles. The molecule has 0 saturated carbocycles. The third-order valence-electron chi connectivity index (χ3n) is 2.28. The number of benzene rings is 1. The van der Waals surface area contributed by atoms with Crippen molar-refractivity contribution in [2.75, 3.05) is 0 Å². The van der Waals surface area contributed by atoms with Gasteiger partial charge < -0.3 is 10.5 Å². The van der Waals surface area contributed by atoms with E-state index in [9.17, 15) is 13.2 Å². The topological polar surface area (TPSA) is 98.8 Å². The Morgan fingerprint density at radius 3 is 2.56 bits per heavy atom. The maximum Gasteiger partial charge on any atom is 0.357 e. The Morgan fingerprint density at radius 1 is 1.33 bits per heavy atom. The molecule has 0 atom stereocenters. The molecule has 1 aromatic rings. The molecule has 0 aliphatic carbocycles. The zero-order chi connectivity index (χ0) is 13.3. The van der Waals surface area contributed by atoms with Crippen molar-refractivity contribution in [2.24, 2.45) is 10.1 Å². The molecular weight excluding hydrogens is 256 g/mol. The first-order valence-electron chi connectivity index (χ1n) is 5.00. The summed E-state index contributed by atoms with van der Waals surface area (Å²) in [6.07, 6.45) is 0.982.